The predicted octanol–water partition coefficient (Wildman–Crippen LogP) is 1.77. The summed E-state index contributed by atoms with van der Waals surface area (Å²) in [6.07, 6.45) is 3.51. The Morgan fingerprint density at radius 1 is 1.03 bits per heavy atom. The quantitative estimate of drug-likeness (QED) is 0.277. The fourth-order valence-electron chi connectivity index (χ4n) is 3.27. The lowest BCUT2D eigenvalue weighted by Crippen LogP contribution is -2.38. The van der Waals surface area contributed by atoms with Gasteiger partial charge in [0.2, 0.25) is 5.91 Å². The van der Waals surface area contributed by atoms with Crippen LogP contribution in [-0.2, 0) is 17.8 Å². The highest BCUT2D eigenvalue weighted by molar-refractivity contribution is 7.11. The number of nitrogens with one attached hydrogen (secondary N) is 3. The molecule has 0 unspecified atom stereocenters. The van der Waals surface area contributed by atoms with Gasteiger partial charge in [-0.2, -0.15) is 0 Å². The van der Waals surface area contributed by atoms with Gasteiger partial charge < -0.3 is 21.4 Å². The van der Waals surface area contributed by atoms with E-state index in [4.69, 9.17) is 5.73 Å². The molecule has 0 aliphatic heterocycles. The van der Waals surface area contributed by atoms with Crippen molar-refractivity contribution in [1.82, 2.24) is 35.8 Å². The lowest BCUT2D eigenvalue weighted by Gasteiger charge is -2.16. The van der Waals surface area contributed by atoms with Crippen molar-refractivity contribution >= 4 is 29.1 Å². The van der Waals surface area contributed by atoms with Crippen molar-refractivity contribution in [1.29, 1.82) is 0 Å². The summed E-state index contributed by atoms with van der Waals surface area (Å²) in [5, 5.41) is 13.0. The molecule has 4 aromatic rings. The molecular formula is C23H22N8O3S. The molecule has 5 N–H and O–H groups in total. The summed E-state index contributed by atoms with van der Waals surface area (Å²) >= 11 is 1.62. The van der Waals surface area contributed by atoms with Gasteiger partial charge in [0.15, 0.2) is 5.82 Å². The van der Waals surface area contributed by atoms with Gasteiger partial charge in [0, 0.05) is 21.4 Å². The largest absolute Gasteiger partial charge is 0.368 e. The van der Waals surface area contributed by atoms with Crippen molar-refractivity contribution in [2.45, 2.75) is 25.9 Å². The van der Waals surface area contributed by atoms with E-state index in [1.807, 2.05) is 12.1 Å². The first-order valence-corrected chi connectivity index (χ1v) is 11.5. The van der Waals surface area contributed by atoms with Crippen LogP contribution in [0.25, 0.3) is 11.4 Å². The monoisotopic (exact) mass is 490 g/mol. The first-order valence-electron chi connectivity index (χ1n) is 10.7. The maximum absolute atomic E-state index is 12.8. The number of nitrogens with zero attached hydrogens (tertiary/aromatic N) is 4. The van der Waals surface area contributed by atoms with Gasteiger partial charge in [-0.3, -0.25) is 14.4 Å². The maximum atomic E-state index is 12.8. The molecule has 12 heteroatoms. The van der Waals surface area contributed by atoms with Gasteiger partial charge >= 0.3 is 0 Å². The van der Waals surface area contributed by atoms with Gasteiger partial charge in [-0.05, 0) is 24.1 Å². The molecule has 0 fully saturated rings. The van der Waals surface area contributed by atoms with Gasteiger partial charge in [0.25, 0.3) is 11.8 Å². The highest BCUT2D eigenvalue weighted by atomic mass is 32.1. The van der Waals surface area contributed by atoms with Gasteiger partial charge in [-0.25, -0.2) is 9.97 Å². The summed E-state index contributed by atoms with van der Waals surface area (Å²) in [4.78, 5) is 50.5. The number of carbonyl (C=O) groups excluding carboxylic acids is 3. The highest BCUT2D eigenvalue weighted by Crippen LogP contribution is 2.20. The molecule has 35 heavy (non-hydrogen) atoms. The van der Waals surface area contributed by atoms with Crippen molar-refractivity contribution in [3.8, 4) is 11.4 Å². The number of benzene rings is 1. The minimum absolute atomic E-state index is 0.0319. The summed E-state index contributed by atoms with van der Waals surface area (Å²) in [5.41, 5.74) is 6.72. The average molecular weight is 491 g/mol. The molecule has 0 saturated heterocycles. The van der Waals surface area contributed by atoms with Crippen LogP contribution in [0, 0.1) is 0 Å². The number of primary amides is 1. The Kier molecular flexibility index (Phi) is 7.21. The van der Waals surface area contributed by atoms with E-state index < -0.39 is 23.8 Å². The fraction of sp³-hybridized carbons (Fsp3) is 0.174. The highest BCUT2D eigenvalue weighted by Gasteiger charge is 2.23. The standard InChI is InChI=1S/C23H22N8O3S/c1-2-15-7-8-16(35-15)10-25-22(33)17-9-18(27-11-26-17)23(34)30-19(20(24)32)13-3-5-14(6-4-13)21-28-12-29-31-21/h3-9,11-12,19H,2,10H2,1H3,(H2,24,32)(H,25,33)(H,30,34)(H,28,29,31)/t19-/m1/s1. The molecule has 0 saturated carbocycles. The number of carbonyl (C=O) groups is 3. The molecule has 0 radical (unpaired) electrons. The number of hydrogen-bond donors (Lipinski definition) is 4. The minimum atomic E-state index is -1.11. The average Bonchev–Trinajstić information content (AvgIpc) is 3.58. The van der Waals surface area contributed by atoms with E-state index >= 15 is 0 Å². The Morgan fingerprint density at radius 3 is 2.37 bits per heavy atom. The van der Waals surface area contributed by atoms with E-state index in [1.54, 1.807) is 35.6 Å². The van der Waals surface area contributed by atoms with Crippen LogP contribution in [0.2, 0.25) is 0 Å². The zero-order valence-electron chi connectivity index (χ0n) is 18.7. The lowest BCUT2D eigenvalue weighted by atomic mass is 10.0. The molecule has 178 valence electrons. The number of rotatable bonds is 9. The zero-order chi connectivity index (χ0) is 24.8. The van der Waals surface area contributed by atoms with Crippen LogP contribution in [-0.4, -0.2) is 42.9 Å². The van der Waals surface area contributed by atoms with Crippen LogP contribution in [0.5, 0.6) is 0 Å². The van der Waals surface area contributed by atoms with Crippen LogP contribution >= 0.6 is 11.3 Å². The van der Waals surface area contributed by atoms with Gasteiger partial charge in [-0.15, -0.1) is 21.5 Å². The van der Waals surface area contributed by atoms with Crippen LogP contribution in [0.4, 0.5) is 0 Å². The second kappa shape index (κ2) is 10.7. The summed E-state index contributed by atoms with van der Waals surface area (Å²) in [6, 6.07) is 10.9. The SMILES string of the molecule is CCc1ccc(CNC(=O)c2cc(C(=O)N[C@@H](C(N)=O)c3ccc(-c4nnc[nH]4)cc3)ncn2)s1. The molecule has 3 aromatic heterocycles. The summed E-state index contributed by atoms with van der Waals surface area (Å²) in [5.74, 6) is -1.30. The number of aromatic amines is 1. The normalized spacial score (nSPS) is 11.6. The Morgan fingerprint density at radius 2 is 1.74 bits per heavy atom. The fourth-order valence-corrected chi connectivity index (χ4v) is 4.17. The lowest BCUT2D eigenvalue weighted by molar-refractivity contribution is -0.120. The Hall–Kier alpha value is -4.45. The molecule has 11 nitrogen and oxygen atoms in total. The molecule has 4 rings (SSSR count). The Balaban J connectivity index is 1.43. The van der Waals surface area contributed by atoms with E-state index in [0.717, 1.165) is 23.2 Å². The topological polar surface area (TPSA) is 169 Å². The van der Waals surface area contributed by atoms with Crippen LogP contribution in [0.1, 0.15) is 49.3 Å². The Labute approximate surface area is 204 Å². The van der Waals surface area contributed by atoms with Crippen molar-refractivity contribution in [3.05, 3.63) is 81.8 Å². The number of aromatic nitrogens is 5. The minimum Gasteiger partial charge on any atom is -0.368 e. The molecule has 3 amide bonds. The summed E-state index contributed by atoms with van der Waals surface area (Å²) < 4.78 is 0. The third kappa shape index (κ3) is 5.73. The molecule has 3 heterocycles. The number of thiophene rings is 1. The maximum Gasteiger partial charge on any atom is 0.270 e. The van der Waals surface area contributed by atoms with Gasteiger partial charge in [0.1, 0.15) is 30.1 Å². The molecule has 1 atom stereocenters. The zero-order valence-corrected chi connectivity index (χ0v) is 19.5. The van der Waals surface area contributed by atoms with Crippen LogP contribution < -0.4 is 16.4 Å². The number of H-pyrrole nitrogens is 1. The van der Waals surface area contributed by atoms with Crippen LogP contribution in [0.15, 0.2) is 55.1 Å². The van der Waals surface area contributed by atoms with Gasteiger partial charge in [-0.1, -0.05) is 31.2 Å². The predicted molar refractivity (Wildman–Crippen MR) is 128 cm³/mol. The van der Waals surface area contributed by atoms with Crippen LogP contribution in [0.3, 0.4) is 0 Å². The van der Waals surface area contributed by atoms with Gasteiger partial charge in [0.05, 0.1) is 6.54 Å². The van der Waals surface area contributed by atoms with Crippen molar-refractivity contribution in [3.63, 3.8) is 0 Å². The molecule has 0 aliphatic rings. The number of hydrogen-bond acceptors (Lipinski definition) is 8. The van der Waals surface area contributed by atoms with E-state index in [9.17, 15) is 14.4 Å². The van der Waals surface area contributed by atoms with Crippen molar-refractivity contribution in [2.24, 2.45) is 5.73 Å². The first kappa shape index (κ1) is 23.7. The smallest absolute Gasteiger partial charge is 0.270 e. The molecule has 0 aliphatic carbocycles. The van der Waals surface area contributed by atoms with Crippen molar-refractivity contribution in [2.75, 3.05) is 0 Å². The second-order valence-electron chi connectivity index (χ2n) is 7.46. The molecule has 0 bridgehead atoms. The van der Waals surface area contributed by atoms with E-state index in [2.05, 4.69) is 42.7 Å². The summed E-state index contributed by atoms with van der Waals surface area (Å²) in [6.45, 7) is 2.42. The second-order valence-corrected chi connectivity index (χ2v) is 8.71. The third-order valence-electron chi connectivity index (χ3n) is 5.12. The molecular weight excluding hydrogens is 468 g/mol. The molecule has 0 spiro atoms. The van der Waals surface area contributed by atoms with E-state index in [0.29, 0.717) is 17.9 Å². The molecule has 1 aromatic carbocycles. The first-order chi connectivity index (χ1) is 16.9. The number of aryl methyl sites for hydroxylation is 1. The summed E-state index contributed by atoms with van der Waals surface area (Å²) in [7, 11) is 0. The van der Waals surface area contributed by atoms with E-state index in [-0.39, 0.29) is 11.4 Å². The van der Waals surface area contributed by atoms with E-state index in [1.165, 1.54) is 17.3 Å². The van der Waals surface area contributed by atoms with Crippen molar-refractivity contribution < 1.29 is 14.4 Å². The number of amides is 3. The third-order valence-corrected chi connectivity index (χ3v) is 6.34. The number of nitrogens with two attached hydrogens (primary N) is 1. The Bertz CT molecular complexity index is 1340.